The molecule has 7 nitrogen and oxygen atoms in total. The summed E-state index contributed by atoms with van der Waals surface area (Å²) in [6.45, 7) is 5.31. The van der Waals surface area contributed by atoms with Gasteiger partial charge in [0.1, 0.15) is 0 Å². The van der Waals surface area contributed by atoms with Crippen LogP contribution in [0.15, 0.2) is 28.1 Å². The summed E-state index contributed by atoms with van der Waals surface area (Å²) in [5, 5.41) is 5.01. The van der Waals surface area contributed by atoms with Gasteiger partial charge in [-0.05, 0) is 23.8 Å². The van der Waals surface area contributed by atoms with Gasteiger partial charge in [-0.3, -0.25) is 14.3 Å². The van der Waals surface area contributed by atoms with Crippen molar-refractivity contribution in [3.63, 3.8) is 0 Å². The van der Waals surface area contributed by atoms with E-state index in [4.69, 9.17) is 11.6 Å². The molecular formula is C17H19BrClN3O4S2. The van der Waals surface area contributed by atoms with Crippen molar-refractivity contribution in [2.75, 3.05) is 5.32 Å². The molecule has 2 rings (SSSR count). The summed E-state index contributed by atoms with van der Waals surface area (Å²) < 4.78 is 27.1. The second-order valence-electron chi connectivity index (χ2n) is 7.04. The smallest absolute Gasteiger partial charge is 0.239 e. The summed E-state index contributed by atoms with van der Waals surface area (Å²) >= 11 is 10.3. The number of sulfonamides is 1. The van der Waals surface area contributed by atoms with Gasteiger partial charge in [-0.2, -0.15) is 0 Å². The van der Waals surface area contributed by atoms with E-state index < -0.39 is 27.1 Å². The molecule has 2 amide bonds. The van der Waals surface area contributed by atoms with Crippen molar-refractivity contribution in [3.8, 4) is 0 Å². The zero-order valence-electron chi connectivity index (χ0n) is 15.4. The molecule has 152 valence electrons. The zero-order valence-corrected chi connectivity index (χ0v) is 19.4. The van der Waals surface area contributed by atoms with Crippen LogP contribution < -0.4 is 10.0 Å². The highest BCUT2D eigenvalue weighted by Gasteiger charge is 2.23. The third-order valence-electron chi connectivity index (χ3n) is 3.42. The van der Waals surface area contributed by atoms with Crippen LogP contribution >= 0.6 is 38.9 Å². The van der Waals surface area contributed by atoms with Crippen molar-refractivity contribution in [1.29, 1.82) is 0 Å². The topological polar surface area (TPSA) is 105 Å². The fraction of sp³-hybridized carbons (Fsp3) is 0.353. The number of carbonyl (C=O) groups excluding carboxylic acids is 2. The number of anilines is 1. The Labute approximate surface area is 181 Å². The van der Waals surface area contributed by atoms with Gasteiger partial charge in [0.15, 0.2) is 5.13 Å². The summed E-state index contributed by atoms with van der Waals surface area (Å²) in [5.74, 6) is -1.31. The number of hydrogen-bond donors (Lipinski definition) is 2. The largest absolute Gasteiger partial charge is 0.302 e. The Morgan fingerprint density at radius 1 is 1.29 bits per heavy atom. The van der Waals surface area contributed by atoms with Gasteiger partial charge in [0.2, 0.25) is 21.8 Å². The van der Waals surface area contributed by atoms with Gasteiger partial charge in [-0.15, -0.1) is 11.3 Å². The van der Waals surface area contributed by atoms with Crippen molar-refractivity contribution >= 4 is 65.8 Å². The second kappa shape index (κ2) is 8.89. The Balaban J connectivity index is 1.98. The van der Waals surface area contributed by atoms with E-state index in [0.717, 1.165) is 0 Å². The molecule has 0 atom stereocenters. The Hall–Kier alpha value is -1.49. The summed E-state index contributed by atoms with van der Waals surface area (Å²) in [4.78, 5) is 28.2. The van der Waals surface area contributed by atoms with Gasteiger partial charge in [0.05, 0.1) is 17.9 Å². The quantitative estimate of drug-likeness (QED) is 0.618. The maximum Gasteiger partial charge on any atom is 0.239 e. The normalized spacial score (nSPS) is 11.9. The van der Waals surface area contributed by atoms with Gasteiger partial charge in [0.25, 0.3) is 0 Å². The third kappa shape index (κ3) is 6.84. The monoisotopic (exact) mass is 507 g/mol. The average Bonchev–Trinajstić information content (AvgIpc) is 2.95. The lowest BCUT2D eigenvalue weighted by atomic mass is 9.96. The Bertz CT molecular complexity index is 1000. The molecule has 28 heavy (non-hydrogen) atoms. The minimum Gasteiger partial charge on any atom is -0.302 e. The van der Waals surface area contributed by atoms with Crippen LogP contribution in [0.5, 0.6) is 0 Å². The Morgan fingerprint density at radius 2 is 1.96 bits per heavy atom. The van der Waals surface area contributed by atoms with E-state index >= 15 is 0 Å². The molecule has 1 aromatic carbocycles. The number of amides is 2. The second-order valence-corrected chi connectivity index (χ2v) is 10.9. The SMILES string of the molecule is CC(C)(C)C(=O)Nc1nc(CC(=O)NS(=O)(=O)Cc2cc(Cl)ccc2Br)cs1. The van der Waals surface area contributed by atoms with Crippen molar-refractivity contribution in [2.45, 2.75) is 32.9 Å². The van der Waals surface area contributed by atoms with Gasteiger partial charge in [0, 0.05) is 20.3 Å². The van der Waals surface area contributed by atoms with E-state index in [-0.39, 0.29) is 12.3 Å². The molecule has 0 aliphatic rings. The number of hydrogen-bond acceptors (Lipinski definition) is 6. The molecule has 0 saturated carbocycles. The Morgan fingerprint density at radius 3 is 2.61 bits per heavy atom. The molecule has 1 aromatic heterocycles. The average molecular weight is 509 g/mol. The summed E-state index contributed by atoms with van der Waals surface area (Å²) in [6.07, 6.45) is -0.224. The summed E-state index contributed by atoms with van der Waals surface area (Å²) in [6, 6.07) is 4.77. The number of halogens is 2. The molecule has 0 aliphatic carbocycles. The highest BCUT2D eigenvalue weighted by Crippen LogP contribution is 2.23. The molecule has 11 heteroatoms. The third-order valence-corrected chi connectivity index (χ3v) is 6.46. The van der Waals surface area contributed by atoms with Crippen molar-refractivity contribution in [1.82, 2.24) is 9.71 Å². The van der Waals surface area contributed by atoms with Crippen molar-refractivity contribution in [3.05, 3.63) is 44.3 Å². The minimum absolute atomic E-state index is 0.201. The minimum atomic E-state index is -3.91. The van der Waals surface area contributed by atoms with E-state index in [2.05, 4.69) is 26.2 Å². The van der Waals surface area contributed by atoms with Gasteiger partial charge in [-0.1, -0.05) is 48.3 Å². The molecule has 0 bridgehead atoms. The van der Waals surface area contributed by atoms with E-state index in [1.165, 1.54) is 17.4 Å². The fourth-order valence-corrected chi connectivity index (χ4v) is 4.61. The van der Waals surface area contributed by atoms with Crippen molar-refractivity contribution in [2.24, 2.45) is 5.41 Å². The van der Waals surface area contributed by atoms with E-state index in [9.17, 15) is 18.0 Å². The molecule has 0 unspecified atom stereocenters. The van der Waals surface area contributed by atoms with Gasteiger partial charge < -0.3 is 5.32 Å². The first kappa shape index (κ1) is 22.8. The number of rotatable bonds is 6. The lowest BCUT2D eigenvalue weighted by Crippen LogP contribution is -2.33. The first-order chi connectivity index (χ1) is 12.9. The van der Waals surface area contributed by atoms with Crippen molar-refractivity contribution < 1.29 is 18.0 Å². The summed E-state index contributed by atoms with van der Waals surface area (Å²) in [5.41, 5.74) is 0.228. The first-order valence-electron chi connectivity index (χ1n) is 8.09. The molecule has 2 N–H and O–H groups in total. The summed E-state index contributed by atoms with van der Waals surface area (Å²) in [7, 11) is -3.91. The van der Waals surface area contributed by atoms with Crippen LogP contribution in [-0.4, -0.2) is 25.2 Å². The molecule has 2 aromatic rings. The van der Waals surface area contributed by atoms with E-state index in [1.54, 1.807) is 38.3 Å². The number of thiazole rings is 1. The first-order valence-corrected chi connectivity index (χ1v) is 11.8. The zero-order chi connectivity index (χ0) is 21.1. The molecular weight excluding hydrogens is 490 g/mol. The van der Waals surface area contributed by atoms with Crippen LogP contribution in [0, 0.1) is 5.41 Å². The number of carbonyl (C=O) groups is 2. The van der Waals surface area contributed by atoms with Gasteiger partial charge >= 0.3 is 0 Å². The maximum atomic E-state index is 12.3. The van der Waals surface area contributed by atoms with Crippen LogP contribution in [0.3, 0.4) is 0 Å². The van der Waals surface area contributed by atoms with Crippen LogP contribution in [0.4, 0.5) is 5.13 Å². The standard InChI is InChI=1S/C17H19BrClN3O4S2/c1-17(2,3)15(24)21-16-20-12(8-27-16)7-14(23)22-28(25,26)9-10-6-11(19)4-5-13(10)18/h4-6,8H,7,9H2,1-3H3,(H,22,23)(H,20,21,24). The van der Waals surface area contributed by atoms with E-state index in [0.29, 0.717) is 25.9 Å². The number of nitrogens with zero attached hydrogens (tertiary/aromatic N) is 1. The molecule has 0 aliphatic heterocycles. The molecule has 0 saturated heterocycles. The van der Waals surface area contributed by atoms with E-state index in [1.807, 2.05) is 4.72 Å². The Kier molecular flexibility index (Phi) is 7.24. The van der Waals surface area contributed by atoms with Crippen LogP contribution in [-0.2, 0) is 31.8 Å². The molecule has 0 fully saturated rings. The lowest BCUT2D eigenvalue weighted by molar-refractivity contribution is -0.123. The predicted molar refractivity (Wildman–Crippen MR) is 114 cm³/mol. The lowest BCUT2D eigenvalue weighted by Gasteiger charge is -2.15. The number of nitrogens with one attached hydrogen (secondary N) is 2. The maximum absolute atomic E-state index is 12.3. The highest BCUT2D eigenvalue weighted by atomic mass is 79.9. The number of benzene rings is 1. The fourth-order valence-electron chi connectivity index (χ4n) is 2.00. The molecule has 1 heterocycles. The predicted octanol–water partition coefficient (Wildman–Crippen LogP) is 3.73. The molecule has 0 radical (unpaired) electrons. The van der Waals surface area contributed by atoms with Crippen LogP contribution in [0.25, 0.3) is 0 Å². The van der Waals surface area contributed by atoms with Gasteiger partial charge in [-0.25, -0.2) is 13.4 Å². The van der Waals surface area contributed by atoms with Crippen LogP contribution in [0.1, 0.15) is 32.0 Å². The molecule has 0 spiro atoms. The number of aromatic nitrogens is 1. The highest BCUT2D eigenvalue weighted by molar-refractivity contribution is 9.10. The van der Waals surface area contributed by atoms with Crippen LogP contribution in [0.2, 0.25) is 5.02 Å².